The topological polar surface area (TPSA) is 95.9 Å². The highest BCUT2D eigenvalue weighted by atomic mass is 16.5. The number of nitrogens with zero attached hydrogens (tertiary/aromatic N) is 1. The van der Waals surface area contributed by atoms with Gasteiger partial charge in [-0.2, -0.15) is 0 Å². The third-order valence-electron chi connectivity index (χ3n) is 5.32. The van der Waals surface area contributed by atoms with E-state index in [4.69, 9.17) is 0 Å². The number of alkyl carbamates (subject to hydrolysis) is 1. The van der Waals surface area contributed by atoms with Gasteiger partial charge in [-0.1, -0.05) is 26.7 Å². The van der Waals surface area contributed by atoms with Crippen LogP contribution < -0.4 is 5.32 Å². The van der Waals surface area contributed by atoms with E-state index in [9.17, 15) is 19.5 Å². The zero-order valence-electron chi connectivity index (χ0n) is 13.9. The van der Waals surface area contributed by atoms with E-state index in [0.717, 1.165) is 19.3 Å². The van der Waals surface area contributed by atoms with E-state index in [1.807, 2.05) is 13.8 Å². The summed E-state index contributed by atoms with van der Waals surface area (Å²) in [7, 11) is 1.25. The molecule has 0 radical (unpaired) electrons. The Balaban J connectivity index is 2.24. The molecule has 3 unspecified atom stereocenters. The van der Waals surface area contributed by atoms with Crippen molar-refractivity contribution in [3.8, 4) is 0 Å². The summed E-state index contributed by atoms with van der Waals surface area (Å²) in [6.45, 7) is 3.80. The van der Waals surface area contributed by atoms with Crippen LogP contribution in [0.1, 0.15) is 46.0 Å². The smallest absolute Gasteiger partial charge is 0.407 e. The molecule has 0 aromatic rings. The summed E-state index contributed by atoms with van der Waals surface area (Å²) in [5.74, 6) is -1.10. The molecule has 1 heterocycles. The van der Waals surface area contributed by atoms with Gasteiger partial charge in [0.05, 0.1) is 7.11 Å². The number of likely N-dealkylation sites (tertiary alicyclic amines) is 1. The maximum absolute atomic E-state index is 13.0. The van der Waals surface area contributed by atoms with Crippen LogP contribution in [0.25, 0.3) is 0 Å². The quantitative estimate of drug-likeness (QED) is 0.800. The van der Waals surface area contributed by atoms with Crippen LogP contribution in [0.2, 0.25) is 0 Å². The van der Waals surface area contributed by atoms with E-state index in [0.29, 0.717) is 12.8 Å². The van der Waals surface area contributed by atoms with Crippen molar-refractivity contribution in [3.05, 3.63) is 0 Å². The molecule has 0 aromatic heterocycles. The van der Waals surface area contributed by atoms with Gasteiger partial charge < -0.3 is 20.1 Å². The first kappa shape index (κ1) is 17.6. The molecule has 2 N–H and O–H groups in total. The van der Waals surface area contributed by atoms with Crippen LogP contribution >= 0.6 is 0 Å². The lowest BCUT2D eigenvalue weighted by Gasteiger charge is -2.33. The molecule has 0 bridgehead atoms. The second-order valence-corrected chi connectivity index (χ2v) is 6.59. The molecule has 0 spiro atoms. The number of carboxylic acid groups (broad SMARTS) is 1. The van der Waals surface area contributed by atoms with Crippen LogP contribution in [0.15, 0.2) is 0 Å². The molecule has 0 aromatic carbocycles. The van der Waals surface area contributed by atoms with Crippen molar-refractivity contribution in [1.82, 2.24) is 10.2 Å². The Morgan fingerprint density at radius 2 is 2.04 bits per heavy atom. The van der Waals surface area contributed by atoms with Gasteiger partial charge in [0, 0.05) is 6.04 Å². The average Bonchev–Trinajstić information content (AvgIpc) is 3.11. The lowest BCUT2D eigenvalue weighted by molar-refractivity contribution is -0.151. The summed E-state index contributed by atoms with van der Waals surface area (Å²) in [5, 5.41) is 12.1. The Morgan fingerprint density at radius 1 is 1.35 bits per heavy atom. The molecular weight excluding hydrogens is 300 g/mol. The molecule has 2 rings (SSSR count). The highest BCUT2D eigenvalue weighted by molar-refractivity contribution is 5.90. The van der Waals surface area contributed by atoms with Crippen LogP contribution in [0.4, 0.5) is 4.79 Å². The fourth-order valence-electron chi connectivity index (χ4n) is 3.86. The minimum absolute atomic E-state index is 0.0189. The Morgan fingerprint density at radius 3 is 2.61 bits per heavy atom. The standard InChI is InChI=1S/C16H26N2O5/c1-4-9(2)13(17-16(22)23-3)14(19)18-11-7-5-6-10(11)8-12(18)15(20)21/h9-13H,4-8H2,1-3H3,(H,17,22)(H,20,21)/t9-,10?,11?,12?,13-/m0/s1. The lowest BCUT2D eigenvalue weighted by atomic mass is 9.97. The first-order valence-corrected chi connectivity index (χ1v) is 8.30. The summed E-state index contributed by atoms with van der Waals surface area (Å²) in [6, 6.07) is -1.56. The van der Waals surface area contributed by atoms with Crippen LogP contribution in [0.5, 0.6) is 0 Å². The van der Waals surface area contributed by atoms with Crippen molar-refractivity contribution in [2.75, 3.05) is 7.11 Å². The zero-order chi connectivity index (χ0) is 17.1. The van der Waals surface area contributed by atoms with Crippen LogP contribution in [-0.4, -0.2) is 53.2 Å². The van der Waals surface area contributed by atoms with Crippen LogP contribution in [0, 0.1) is 11.8 Å². The molecule has 7 nitrogen and oxygen atoms in total. The third-order valence-corrected chi connectivity index (χ3v) is 5.32. The van der Waals surface area contributed by atoms with Gasteiger partial charge in [-0.05, 0) is 31.1 Å². The molecule has 2 fully saturated rings. The number of rotatable bonds is 5. The fourth-order valence-corrected chi connectivity index (χ4v) is 3.86. The van der Waals surface area contributed by atoms with Crippen LogP contribution in [0.3, 0.4) is 0 Å². The number of hydrogen-bond acceptors (Lipinski definition) is 4. The van der Waals surface area contributed by atoms with E-state index < -0.39 is 24.1 Å². The molecule has 23 heavy (non-hydrogen) atoms. The van der Waals surface area contributed by atoms with Crippen LogP contribution in [-0.2, 0) is 14.3 Å². The van der Waals surface area contributed by atoms with E-state index in [-0.39, 0.29) is 23.8 Å². The molecule has 1 aliphatic carbocycles. The number of hydrogen-bond donors (Lipinski definition) is 2. The number of amides is 2. The van der Waals surface area contributed by atoms with E-state index in [1.54, 1.807) is 0 Å². The first-order valence-electron chi connectivity index (χ1n) is 8.30. The molecule has 1 saturated carbocycles. The largest absolute Gasteiger partial charge is 0.480 e. The Labute approximate surface area is 136 Å². The van der Waals surface area contributed by atoms with Crippen molar-refractivity contribution < 1.29 is 24.2 Å². The Kier molecular flexibility index (Phi) is 5.49. The van der Waals surface area contributed by atoms with Gasteiger partial charge in [-0.25, -0.2) is 9.59 Å². The highest BCUT2D eigenvalue weighted by Gasteiger charge is 2.50. The van der Waals surface area contributed by atoms with Gasteiger partial charge in [0.2, 0.25) is 5.91 Å². The Bertz CT molecular complexity index is 481. The van der Waals surface area contributed by atoms with Gasteiger partial charge >= 0.3 is 12.1 Å². The second-order valence-electron chi connectivity index (χ2n) is 6.59. The maximum Gasteiger partial charge on any atom is 0.407 e. The number of ether oxygens (including phenoxy) is 1. The maximum atomic E-state index is 13.0. The lowest BCUT2D eigenvalue weighted by Crippen LogP contribution is -2.56. The van der Waals surface area contributed by atoms with Gasteiger partial charge in [0.25, 0.3) is 0 Å². The van der Waals surface area contributed by atoms with E-state index in [1.165, 1.54) is 12.0 Å². The fraction of sp³-hybridized carbons (Fsp3) is 0.812. The van der Waals surface area contributed by atoms with Gasteiger partial charge in [0.1, 0.15) is 12.1 Å². The molecule has 1 saturated heterocycles. The molecular formula is C16H26N2O5. The SMILES string of the molecule is CC[C@H](C)[C@H](NC(=O)OC)C(=O)N1C(C(=O)O)CC2CCCC21. The zero-order valence-corrected chi connectivity index (χ0v) is 13.9. The molecule has 1 aliphatic heterocycles. The number of aliphatic carboxylic acids is 1. The molecule has 2 aliphatic rings. The summed E-state index contributed by atoms with van der Waals surface area (Å²) in [5.41, 5.74) is 0. The number of fused-ring (bicyclic) bond motifs is 1. The van der Waals surface area contributed by atoms with Crippen molar-refractivity contribution in [2.24, 2.45) is 11.8 Å². The van der Waals surface area contributed by atoms with Gasteiger partial charge in [-0.15, -0.1) is 0 Å². The third kappa shape index (κ3) is 3.43. The summed E-state index contributed by atoms with van der Waals surface area (Å²) in [6.07, 6.45) is 3.36. The predicted octanol–water partition coefficient (Wildman–Crippen LogP) is 1.61. The molecule has 5 atom stereocenters. The summed E-state index contributed by atoms with van der Waals surface area (Å²) in [4.78, 5) is 37.7. The van der Waals surface area contributed by atoms with E-state index in [2.05, 4.69) is 10.1 Å². The molecule has 2 amide bonds. The van der Waals surface area contributed by atoms with E-state index >= 15 is 0 Å². The summed E-state index contributed by atoms with van der Waals surface area (Å²) < 4.78 is 4.61. The highest BCUT2D eigenvalue weighted by Crippen LogP contribution is 2.41. The van der Waals surface area contributed by atoms with Crippen molar-refractivity contribution >= 4 is 18.0 Å². The minimum atomic E-state index is -0.964. The number of nitrogens with one attached hydrogen (secondary N) is 1. The summed E-state index contributed by atoms with van der Waals surface area (Å²) >= 11 is 0. The minimum Gasteiger partial charge on any atom is -0.480 e. The van der Waals surface area contributed by atoms with Gasteiger partial charge in [-0.3, -0.25) is 4.79 Å². The number of carbonyl (C=O) groups is 3. The second kappa shape index (κ2) is 7.19. The number of methoxy groups -OCH3 is 1. The van der Waals surface area contributed by atoms with Crippen molar-refractivity contribution in [2.45, 2.75) is 64.1 Å². The monoisotopic (exact) mass is 326 g/mol. The Hall–Kier alpha value is -1.79. The van der Waals surface area contributed by atoms with Crippen molar-refractivity contribution in [3.63, 3.8) is 0 Å². The van der Waals surface area contributed by atoms with Crippen molar-refractivity contribution in [1.29, 1.82) is 0 Å². The number of carboxylic acids is 1. The normalized spacial score (nSPS) is 28.8. The predicted molar refractivity (Wildman–Crippen MR) is 82.8 cm³/mol. The number of carbonyl (C=O) groups excluding carboxylic acids is 2. The first-order chi connectivity index (χ1) is 10.9. The average molecular weight is 326 g/mol. The molecule has 130 valence electrons. The molecule has 7 heteroatoms. The van der Waals surface area contributed by atoms with Gasteiger partial charge in [0.15, 0.2) is 0 Å².